The van der Waals surface area contributed by atoms with E-state index >= 15 is 0 Å². The number of hydrogen-bond acceptors (Lipinski definition) is 7. The van der Waals surface area contributed by atoms with Crippen molar-refractivity contribution in [1.82, 2.24) is 10.6 Å². The van der Waals surface area contributed by atoms with Crippen LogP contribution in [0.3, 0.4) is 0 Å². The van der Waals surface area contributed by atoms with Crippen LogP contribution >= 0.6 is 0 Å². The lowest BCUT2D eigenvalue weighted by Gasteiger charge is -2.15. The predicted molar refractivity (Wildman–Crippen MR) is 102 cm³/mol. The number of amides is 2. The van der Waals surface area contributed by atoms with Crippen LogP contribution in [0.4, 0.5) is 5.69 Å². The van der Waals surface area contributed by atoms with E-state index in [9.17, 15) is 19.5 Å². The summed E-state index contributed by atoms with van der Waals surface area (Å²) in [4.78, 5) is 37.7. The molecule has 0 saturated carbocycles. The van der Waals surface area contributed by atoms with Crippen molar-refractivity contribution in [3.8, 4) is 11.6 Å². The molecule has 152 valence electrons. The Hall–Kier alpha value is -3.85. The Kier molecular flexibility index (Phi) is 5.11. The van der Waals surface area contributed by atoms with Crippen molar-refractivity contribution in [3.05, 3.63) is 65.9 Å². The Balaban J connectivity index is 1.50. The van der Waals surface area contributed by atoms with E-state index in [1.807, 2.05) is 6.07 Å². The quantitative estimate of drug-likeness (QED) is 0.363. The third kappa shape index (κ3) is 3.58. The first kappa shape index (κ1) is 19.5. The van der Waals surface area contributed by atoms with Gasteiger partial charge >= 0.3 is 0 Å². The highest BCUT2D eigenvalue weighted by Crippen LogP contribution is 2.24. The van der Waals surface area contributed by atoms with Crippen LogP contribution in [0, 0.1) is 0 Å². The number of aromatic nitrogens is 2. The molecule has 0 aliphatic carbocycles. The van der Waals surface area contributed by atoms with Gasteiger partial charge in [0.25, 0.3) is 11.6 Å². The first-order chi connectivity index (χ1) is 14.5. The van der Waals surface area contributed by atoms with Crippen molar-refractivity contribution in [2.24, 2.45) is 0 Å². The number of para-hydroxylation sites is 1. The van der Waals surface area contributed by atoms with E-state index in [4.69, 9.17) is 4.52 Å². The molecule has 1 atom stereocenters. The maximum absolute atomic E-state index is 12.8. The fraction of sp³-hybridized carbons (Fsp3) is 0.190. The van der Waals surface area contributed by atoms with Crippen LogP contribution in [0.2, 0.25) is 0 Å². The van der Waals surface area contributed by atoms with Gasteiger partial charge in [0.05, 0.1) is 30.0 Å². The van der Waals surface area contributed by atoms with Crippen LogP contribution in [-0.2, 0) is 16.1 Å². The van der Waals surface area contributed by atoms with Gasteiger partial charge in [-0.15, -0.1) is 0 Å². The van der Waals surface area contributed by atoms with Crippen LogP contribution in [0.25, 0.3) is 5.69 Å². The minimum atomic E-state index is -0.788. The largest absolute Gasteiger partial charge is 0.539 e. The molecule has 0 bridgehead atoms. The number of ketones is 1. The van der Waals surface area contributed by atoms with E-state index in [0.717, 1.165) is 4.90 Å². The van der Waals surface area contributed by atoms with Crippen molar-refractivity contribution in [2.45, 2.75) is 25.9 Å². The molecule has 1 aromatic heterocycles. The number of benzene rings is 2. The third-order valence-electron chi connectivity index (χ3n) is 4.89. The van der Waals surface area contributed by atoms with Crippen molar-refractivity contribution in [1.29, 1.82) is 0 Å². The Morgan fingerprint density at radius 3 is 2.57 bits per heavy atom. The number of imide groups is 1. The SMILES string of the molecule is CC(=O)c1ccc(N2C(=O)CC(NCc3c([O-])on[n+]3-c3ccccc3)C2=O)cc1. The summed E-state index contributed by atoms with van der Waals surface area (Å²) < 4.78 is 6.12. The Morgan fingerprint density at radius 2 is 1.90 bits per heavy atom. The highest BCUT2D eigenvalue weighted by molar-refractivity contribution is 6.22. The maximum Gasteiger partial charge on any atom is 0.253 e. The molecule has 1 N–H and O–H groups in total. The van der Waals surface area contributed by atoms with Crippen molar-refractivity contribution >= 4 is 23.3 Å². The van der Waals surface area contributed by atoms with Crippen LogP contribution in [0.5, 0.6) is 5.95 Å². The molecule has 30 heavy (non-hydrogen) atoms. The summed E-state index contributed by atoms with van der Waals surface area (Å²) in [7, 11) is 0. The average Bonchev–Trinajstić information content (AvgIpc) is 3.25. The molecule has 2 amide bonds. The highest BCUT2D eigenvalue weighted by atomic mass is 16.6. The number of Topliss-reactive ketones (excluding diaryl/α,β-unsaturated/α-hetero) is 1. The van der Waals surface area contributed by atoms with E-state index in [1.165, 1.54) is 11.6 Å². The van der Waals surface area contributed by atoms with Gasteiger partial charge in [-0.1, -0.05) is 18.2 Å². The van der Waals surface area contributed by atoms with Crippen molar-refractivity contribution in [2.75, 3.05) is 4.90 Å². The number of rotatable bonds is 6. The summed E-state index contributed by atoms with van der Waals surface area (Å²) in [5.41, 5.74) is 1.74. The van der Waals surface area contributed by atoms with Crippen LogP contribution in [0.1, 0.15) is 29.4 Å². The number of carbonyl (C=O) groups is 3. The Morgan fingerprint density at radius 1 is 1.20 bits per heavy atom. The minimum Gasteiger partial charge on any atom is -0.539 e. The zero-order valence-electron chi connectivity index (χ0n) is 16.1. The molecule has 2 aromatic carbocycles. The fourth-order valence-corrected chi connectivity index (χ4v) is 3.31. The van der Waals surface area contributed by atoms with Gasteiger partial charge in [0.1, 0.15) is 0 Å². The Labute approximate surface area is 171 Å². The second-order valence-corrected chi connectivity index (χ2v) is 6.86. The summed E-state index contributed by atoms with van der Waals surface area (Å²) in [6.07, 6.45) is -0.0436. The second-order valence-electron chi connectivity index (χ2n) is 6.86. The topological polar surface area (TPSA) is 119 Å². The third-order valence-corrected chi connectivity index (χ3v) is 4.89. The summed E-state index contributed by atoms with van der Waals surface area (Å²) in [6, 6.07) is 14.4. The van der Waals surface area contributed by atoms with E-state index in [0.29, 0.717) is 16.9 Å². The lowest BCUT2D eigenvalue weighted by atomic mass is 10.1. The van der Waals surface area contributed by atoms with Gasteiger partial charge in [-0.2, -0.15) is 0 Å². The zero-order valence-corrected chi connectivity index (χ0v) is 16.1. The van der Waals surface area contributed by atoms with Crippen molar-refractivity contribution < 1.29 is 28.7 Å². The predicted octanol–water partition coefficient (Wildman–Crippen LogP) is 0.649. The standard InChI is InChI=1S/C21H18N4O5/c1-13(26)14-7-9-15(10-8-14)24-19(27)11-17(20(24)28)22-12-18-21(29)30-23-25(18)16-5-3-2-4-6-16/h2-10,17,22H,11-12H2,1H3. The van der Waals surface area contributed by atoms with Crippen LogP contribution in [0.15, 0.2) is 59.1 Å². The molecule has 1 unspecified atom stereocenters. The lowest BCUT2D eigenvalue weighted by Crippen LogP contribution is -2.43. The lowest BCUT2D eigenvalue weighted by molar-refractivity contribution is -0.677. The first-order valence-corrected chi connectivity index (χ1v) is 9.30. The fourth-order valence-electron chi connectivity index (χ4n) is 3.31. The van der Waals surface area contributed by atoms with E-state index < -0.39 is 17.9 Å². The highest BCUT2D eigenvalue weighted by Gasteiger charge is 2.40. The van der Waals surface area contributed by atoms with Crippen LogP contribution < -0.4 is 20.0 Å². The molecule has 2 heterocycles. The Bertz CT molecular complexity index is 1110. The van der Waals surface area contributed by atoms with E-state index in [2.05, 4.69) is 10.6 Å². The normalized spacial score (nSPS) is 16.3. The molecule has 0 radical (unpaired) electrons. The van der Waals surface area contributed by atoms with E-state index in [1.54, 1.807) is 48.5 Å². The van der Waals surface area contributed by atoms with E-state index in [-0.39, 0.29) is 30.3 Å². The molecular weight excluding hydrogens is 388 g/mol. The molecule has 9 heteroatoms. The van der Waals surface area contributed by atoms with Gasteiger partial charge in [-0.3, -0.25) is 19.7 Å². The maximum atomic E-state index is 12.8. The minimum absolute atomic E-state index is 0.00196. The molecule has 1 aliphatic heterocycles. The van der Waals surface area contributed by atoms with Crippen LogP contribution in [-0.4, -0.2) is 28.9 Å². The van der Waals surface area contributed by atoms with Crippen molar-refractivity contribution in [3.63, 3.8) is 0 Å². The van der Waals surface area contributed by atoms with Gasteiger partial charge < -0.3 is 9.63 Å². The summed E-state index contributed by atoms with van der Waals surface area (Å²) in [5, 5.41) is 18.8. The molecule has 1 fully saturated rings. The molecule has 1 aliphatic rings. The van der Waals surface area contributed by atoms with Gasteiger partial charge in [-0.05, 0) is 35.9 Å². The van der Waals surface area contributed by atoms with Gasteiger partial charge in [0.15, 0.2) is 11.7 Å². The summed E-state index contributed by atoms with van der Waals surface area (Å²) in [6.45, 7) is 1.44. The second kappa shape index (κ2) is 7.88. The average molecular weight is 406 g/mol. The number of anilines is 1. The summed E-state index contributed by atoms with van der Waals surface area (Å²) >= 11 is 0. The van der Waals surface area contributed by atoms with Gasteiger partial charge in [0.2, 0.25) is 11.6 Å². The zero-order chi connectivity index (χ0) is 21.3. The molecular formula is C21H18N4O5. The monoisotopic (exact) mass is 406 g/mol. The molecule has 0 spiro atoms. The summed E-state index contributed by atoms with van der Waals surface area (Å²) in [5.74, 6) is -1.52. The number of carbonyl (C=O) groups excluding carboxylic acids is 3. The smallest absolute Gasteiger partial charge is 0.253 e. The molecule has 1 saturated heterocycles. The van der Waals surface area contributed by atoms with Gasteiger partial charge in [0, 0.05) is 17.7 Å². The van der Waals surface area contributed by atoms with Gasteiger partial charge in [-0.25, -0.2) is 4.90 Å². The number of nitrogens with zero attached hydrogens (tertiary/aromatic N) is 3. The number of nitrogens with one attached hydrogen (secondary N) is 1. The molecule has 9 nitrogen and oxygen atoms in total. The number of hydrogen-bond donors (Lipinski definition) is 1. The molecule has 3 aromatic rings. The first-order valence-electron chi connectivity index (χ1n) is 9.30. The molecule has 4 rings (SSSR count).